The molecule has 1 aliphatic rings. The molecule has 0 aromatic heterocycles. The van der Waals surface area contributed by atoms with E-state index in [9.17, 15) is 9.90 Å². The van der Waals surface area contributed by atoms with E-state index in [0.29, 0.717) is 49.2 Å². The summed E-state index contributed by atoms with van der Waals surface area (Å²) in [6.07, 6.45) is -0.948. The summed E-state index contributed by atoms with van der Waals surface area (Å²) in [6.45, 7) is 8.67. The average Bonchev–Trinajstić information content (AvgIpc) is 2.53. The van der Waals surface area contributed by atoms with Gasteiger partial charge in [-0.05, 0) is 39.0 Å². The highest BCUT2D eigenvalue weighted by Crippen LogP contribution is 2.26. The summed E-state index contributed by atoms with van der Waals surface area (Å²) in [5.41, 5.74) is 5.71. The molecule has 0 radical (unpaired) electrons. The van der Waals surface area contributed by atoms with E-state index in [1.807, 2.05) is 20.8 Å². The third-order valence-electron chi connectivity index (χ3n) is 3.88. The average molecular weight is 386 g/mol. The predicted molar refractivity (Wildman–Crippen MR) is 102 cm³/mol. The van der Waals surface area contributed by atoms with Gasteiger partial charge in [-0.25, -0.2) is 4.79 Å². The quantitative estimate of drug-likeness (QED) is 0.755. The van der Waals surface area contributed by atoms with Crippen molar-refractivity contribution in [2.45, 2.75) is 32.5 Å². The van der Waals surface area contributed by atoms with Crippen molar-refractivity contribution in [3.8, 4) is 5.75 Å². The van der Waals surface area contributed by atoms with Crippen LogP contribution in [0.3, 0.4) is 0 Å². The van der Waals surface area contributed by atoms with E-state index in [2.05, 4.69) is 4.90 Å². The molecule has 3 N–H and O–H groups in total. The van der Waals surface area contributed by atoms with Gasteiger partial charge >= 0.3 is 6.09 Å². The van der Waals surface area contributed by atoms with Gasteiger partial charge in [0.25, 0.3) is 0 Å². The van der Waals surface area contributed by atoms with E-state index < -0.39 is 11.7 Å². The zero-order valence-electron chi connectivity index (χ0n) is 15.6. The summed E-state index contributed by atoms with van der Waals surface area (Å²) in [6, 6.07) is 4.99. The fourth-order valence-corrected chi connectivity index (χ4v) is 2.85. The maximum atomic E-state index is 12.1. The zero-order chi connectivity index (χ0) is 19.3. The Morgan fingerprint density at radius 1 is 1.31 bits per heavy atom. The SMILES string of the molecule is CC(C)(C)OC(=O)N1CCN(CC(O)COc2ccc(N)cc2Cl)CC1. The molecule has 1 amide bonds. The van der Waals surface area contributed by atoms with Crippen molar-refractivity contribution < 1.29 is 19.4 Å². The first-order chi connectivity index (χ1) is 12.1. The molecule has 146 valence electrons. The highest BCUT2D eigenvalue weighted by Gasteiger charge is 2.26. The topological polar surface area (TPSA) is 88.3 Å². The first-order valence-electron chi connectivity index (χ1n) is 8.70. The minimum absolute atomic E-state index is 0.135. The van der Waals surface area contributed by atoms with Crippen LogP contribution in [0, 0.1) is 0 Å². The molecule has 1 aromatic rings. The van der Waals surface area contributed by atoms with Crippen molar-refractivity contribution >= 4 is 23.4 Å². The number of benzene rings is 1. The van der Waals surface area contributed by atoms with Gasteiger partial charge in [-0.2, -0.15) is 0 Å². The largest absolute Gasteiger partial charge is 0.489 e. The van der Waals surface area contributed by atoms with Crippen molar-refractivity contribution in [2.75, 3.05) is 45.1 Å². The molecule has 1 aromatic carbocycles. The molecular weight excluding hydrogens is 358 g/mol. The number of β-amino-alcohol motifs (C(OH)–C–C–N with tert-alkyl or cyclic N) is 1. The smallest absolute Gasteiger partial charge is 0.410 e. The van der Waals surface area contributed by atoms with Gasteiger partial charge in [0.2, 0.25) is 0 Å². The molecule has 1 fully saturated rings. The first kappa shape index (κ1) is 20.6. The van der Waals surface area contributed by atoms with Gasteiger partial charge < -0.3 is 25.2 Å². The van der Waals surface area contributed by atoms with E-state index in [-0.39, 0.29) is 12.7 Å². The van der Waals surface area contributed by atoms with Crippen LogP contribution in [-0.2, 0) is 4.74 Å². The minimum atomic E-state index is -0.656. The summed E-state index contributed by atoms with van der Waals surface area (Å²) in [7, 11) is 0. The molecule has 1 unspecified atom stereocenters. The van der Waals surface area contributed by atoms with Crippen LogP contribution in [0.15, 0.2) is 18.2 Å². The number of anilines is 1. The molecule has 2 rings (SSSR count). The molecule has 1 heterocycles. The Labute approximate surface area is 159 Å². The summed E-state index contributed by atoms with van der Waals surface area (Å²) in [4.78, 5) is 15.8. The first-order valence-corrected chi connectivity index (χ1v) is 9.08. The molecule has 1 saturated heterocycles. The molecule has 0 spiro atoms. The number of aliphatic hydroxyl groups excluding tert-OH is 1. The molecule has 0 bridgehead atoms. The Kier molecular flexibility index (Phi) is 6.97. The maximum Gasteiger partial charge on any atom is 0.410 e. The minimum Gasteiger partial charge on any atom is -0.489 e. The maximum absolute atomic E-state index is 12.1. The van der Waals surface area contributed by atoms with Crippen molar-refractivity contribution in [3.05, 3.63) is 23.2 Å². The number of amides is 1. The lowest BCUT2D eigenvalue weighted by Gasteiger charge is -2.36. The van der Waals surface area contributed by atoms with Crippen LogP contribution in [0.1, 0.15) is 20.8 Å². The van der Waals surface area contributed by atoms with Crippen molar-refractivity contribution in [1.29, 1.82) is 0 Å². The zero-order valence-corrected chi connectivity index (χ0v) is 16.3. The number of piperazine rings is 1. The second-order valence-corrected chi connectivity index (χ2v) is 7.83. The number of carbonyl (C=O) groups excluding carboxylic acids is 1. The lowest BCUT2D eigenvalue weighted by Crippen LogP contribution is -2.51. The number of aliphatic hydroxyl groups is 1. The number of rotatable bonds is 5. The highest BCUT2D eigenvalue weighted by molar-refractivity contribution is 6.32. The third-order valence-corrected chi connectivity index (χ3v) is 4.18. The normalized spacial score (nSPS) is 17.0. The molecule has 0 aliphatic carbocycles. The van der Waals surface area contributed by atoms with Crippen molar-refractivity contribution in [1.82, 2.24) is 9.80 Å². The monoisotopic (exact) mass is 385 g/mol. The standard InChI is InChI=1S/C18H28ClN3O4/c1-18(2,3)26-17(24)22-8-6-21(7-9-22)11-14(23)12-25-16-5-4-13(20)10-15(16)19/h4-5,10,14,23H,6-9,11-12,20H2,1-3H3. The molecule has 0 saturated carbocycles. The van der Waals surface area contributed by atoms with Gasteiger partial charge in [0.05, 0.1) is 5.02 Å². The molecular formula is C18H28ClN3O4. The summed E-state index contributed by atoms with van der Waals surface area (Å²) < 4.78 is 10.9. The van der Waals surface area contributed by atoms with Gasteiger partial charge in [-0.15, -0.1) is 0 Å². The van der Waals surface area contributed by atoms with Crippen LogP contribution in [0.4, 0.5) is 10.5 Å². The number of hydrogen-bond donors (Lipinski definition) is 2. The fraction of sp³-hybridized carbons (Fsp3) is 0.611. The molecule has 1 atom stereocenters. The number of ether oxygens (including phenoxy) is 2. The van der Waals surface area contributed by atoms with E-state index in [1.54, 1.807) is 23.1 Å². The molecule has 1 aliphatic heterocycles. The summed E-state index contributed by atoms with van der Waals surface area (Å²) in [5, 5.41) is 10.6. The second kappa shape index (κ2) is 8.79. The Balaban J connectivity index is 1.72. The van der Waals surface area contributed by atoms with Gasteiger partial charge in [-0.3, -0.25) is 4.90 Å². The van der Waals surface area contributed by atoms with E-state index in [4.69, 9.17) is 26.8 Å². The van der Waals surface area contributed by atoms with Gasteiger partial charge in [-0.1, -0.05) is 11.6 Å². The van der Waals surface area contributed by atoms with Crippen molar-refractivity contribution in [2.24, 2.45) is 0 Å². The number of nitrogens with two attached hydrogens (primary N) is 1. The van der Waals surface area contributed by atoms with Crippen LogP contribution in [0.5, 0.6) is 5.75 Å². The molecule has 7 nitrogen and oxygen atoms in total. The Hall–Kier alpha value is -1.70. The van der Waals surface area contributed by atoms with Crippen LogP contribution >= 0.6 is 11.6 Å². The number of carbonyl (C=O) groups is 1. The summed E-state index contributed by atoms with van der Waals surface area (Å²) >= 11 is 6.05. The number of halogens is 1. The predicted octanol–water partition coefficient (Wildman–Crippen LogP) is 2.21. The third kappa shape index (κ3) is 6.55. The van der Waals surface area contributed by atoms with Crippen LogP contribution < -0.4 is 10.5 Å². The Bertz CT molecular complexity index is 613. The Morgan fingerprint density at radius 3 is 2.54 bits per heavy atom. The summed E-state index contributed by atoms with van der Waals surface area (Å²) in [5.74, 6) is 0.495. The van der Waals surface area contributed by atoms with Crippen LogP contribution in [0.25, 0.3) is 0 Å². The van der Waals surface area contributed by atoms with Crippen LogP contribution in [-0.4, -0.2) is 72.0 Å². The van der Waals surface area contributed by atoms with Gasteiger partial charge in [0.1, 0.15) is 24.1 Å². The van der Waals surface area contributed by atoms with Gasteiger partial charge in [0.15, 0.2) is 0 Å². The van der Waals surface area contributed by atoms with Crippen molar-refractivity contribution in [3.63, 3.8) is 0 Å². The van der Waals surface area contributed by atoms with E-state index >= 15 is 0 Å². The van der Waals surface area contributed by atoms with E-state index in [1.165, 1.54) is 0 Å². The lowest BCUT2D eigenvalue weighted by molar-refractivity contribution is 0.00714. The molecule has 8 heteroatoms. The molecule has 26 heavy (non-hydrogen) atoms. The van der Waals surface area contributed by atoms with Gasteiger partial charge in [0, 0.05) is 38.4 Å². The van der Waals surface area contributed by atoms with Crippen LogP contribution in [0.2, 0.25) is 5.02 Å². The Morgan fingerprint density at radius 2 is 1.96 bits per heavy atom. The number of nitrogen functional groups attached to an aromatic ring is 1. The second-order valence-electron chi connectivity index (χ2n) is 7.42. The highest BCUT2D eigenvalue weighted by atomic mass is 35.5. The fourth-order valence-electron chi connectivity index (χ4n) is 2.61. The number of hydrogen-bond acceptors (Lipinski definition) is 6. The number of nitrogens with zero attached hydrogens (tertiary/aromatic N) is 2. The lowest BCUT2D eigenvalue weighted by atomic mass is 10.2. The van der Waals surface area contributed by atoms with E-state index in [0.717, 1.165) is 0 Å².